The molecule has 0 amide bonds. The van der Waals surface area contributed by atoms with Crippen molar-refractivity contribution in [3.8, 4) is 0 Å². The van der Waals surface area contributed by atoms with Crippen LogP contribution in [0.5, 0.6) is 0 Å². The number of nitrogens with one attached hydrogen (secondary N) is 1. The van der Waals surface area contributed by atoms with Crippen LogP contribution in [-0.4, -0.2) is 5.16 Å². The third-order valence-electron chi connectivity index (χ3n) is 3.42. The van der Waals surface area contributed by atoms with Gasteiger partial charge >= 0.3 is 0 Å². The summed E-state index contributed by atoms with van der Waals surface area (Å²) < 4.78 is 5.27. The highest BCUT2D eigenvalue weighted by Gasteiger charge is 2.08. The van der Waals surface area contributed by atoms with E-state index in [0.717, 1.165) is 38.5 Å². The van der Waals surface area contributed by atoms with Gasteiger partial charge in [0.2, 0.25) is 0 Å². The van der Waals surface area contributed by atoms with Gasteiger partial charge in [-0.15, -0.1) is 0 Å². The summed E-state index contributed by atoms with van der Waals surface area (Å²) in [6.45, 7) is 4.68. The van der Waals surface area contributed by atoms with Crippen molar-refractivity contribution in [1.29, 1.82) is 0 Å². The number of anilines is 1. The molecule has 0 saturated carbocycles. The van der Waals surface area contributed by atoms with Crippen molar-refractivity contribution in [2.45, 2.75) is 20.4 Å². The van der Waals surface area contributed by atoms with Gasteiger partial charge in [-0.1, -0.05) is 35.0 Å². The van der Waals surface area contributed by atoms with Crippen LogP contribution in [0.4, 0.5) is 5.69 Å². The zero-order chi connectivity index (χ0) is 14.1. The van der Waals surface area contributed by atoms with Crippen molar-refractivity contribution in [2.75, 3.05) is 5.32 Å². The van der Waals surface area contributed by atoms with Crippen molar-refractivity contribution >= 4 is 28.3 Å². The Morgan fingerprint density at radius 2 is 2.00 bits per heavy atom. The Labute approximate surface area is 122 Å². The highest BCUT2D eigenvalue weighted by molar-refractivity contribution is 6.31. The predicted molar refractivity (Wildman–Crippen MR) is 82.3 cm³/mol. The maximum Gasteiger partial charge on any atom is 0.167 e. The van der Waals surface area contributed by atoms with Gasteiger partial charge in [0.05, 0.1) is 5.69 Å². The van der Waals surface area contributed by atoms with Crippen molar-refractivity contribution in [2.24, 2.45) is 0 Å². The van der Waals surface area contributed by atoms with Crippen molar-refractivity contribution < 1.29 is 4.52 Å². The average Bonchev–Trinajstić information content (AvgIpc) is 2.78. The minimum Gasteiger partial charge on any atom is -0.381 e. The first kappa shape index (κ1) is 13.0. The molecule has 3 aromatic rings. The molecular formula is C16H15ClN2O. The van der Waals surface area contributed by atoms with E-state index in [2.05, 4.69) is 16.5 Å². The molecule has 0 atom stereocenters. The summed E-state index contributed by atoms with van der Waals surface area (Å²) in [5, 5.41) is 9.23. The van der Waals surface area contributed by atoms with Gasteiger partial charge in [-0.05, 0) is 43.2 Å². The Balaban J connectivity index is 1.89. The zero-order valence-electron chi connectivity index (χ0n) is 11.4. The lowest BCUT2D eigenvalue weighted by molar-refractivity contribution is 0.450. The molecule has 0 aliphatic rings. The van der Waals surface area contributed by atoms with Crippen molar-refractivity contribution in [3.63, 3.8) is 0 Å². The van der Waals surface area contributed by atoms with Crippen molar-refractivity contribution in [3.05, 3.63) is 58.2 Å². The quantitative estimate of drug-likeness (QED) is 0.758. The highest BCUT2D eigenvalue weighted by atomic mass is 35.5. The first-order chi connectivity index (χ1) is 9.65. The maximum atomic E-state index is 6.17. The van der Waals surface area contributed by atoms with E-state index < -0.39 is 0 Å². The number of aromatic nitrogens is 1. The van der Waals surface area contributed by atoms with Gasteiger partial charge in [0.15, 0.2) is 5.58 Å². The van der Waals surface area contributed by atoms with E-state index in [1.807, 2.05) is 44.2 Å². The van der Waals surface area contributed by atoms with Crippen LogP contribution in [0, 0.1) is 13.8 Å². The van der Waals surface area contributed by atoms with Crippen molar-refractivity contribution in [1.82, 2.24) is 5.16 Å². The summed E-state index contributed by atoms with van der Waals surface area (Å²) in [6, 6.07) is 11.9. The Morgan fingerprint density at radius 3 is 2.80 bits per heavy atom. The van der Waals surface area contributed by atoms with Gasteiger partial charge in [0.25, 0.3) is 0 Å². The molecule has 2 aromatic carbocycles. The van der Waals surface area contributed by atoms with Crippen LogP contribution >= 0.6 is 11.6 Å². The highest BCUT2D eigenvalue weighted by Crippen LogP contribution is 2.26. The number of nitrogens with zero attached hydrogens (tertiary/aromatic N) is 1. The van der Waals surface area contributed by atoms with Crippen LogP contribution < -0.4 is 5.32 Å². The SMILES string of the molecule is Cc1cc2onc(C)c2cc1NCc1ccccc1Cl. The number of hydrogen-bond acceptors (Lipinski definition) is 3. The number of aryl methyl sites for hydroxylation is 2. The molecular weight excluding hydrogens is 272 g/mol. The van der Waals surface area contributed by atoms with Crippen LogP contribution in [0.15, 0.2) is 40.9 Å². The van der Waals surface area contributed by atoms with E-state index in [1.165, 1.54) is 0 Å². The van der Waals surface area contributed by atoms with Gasteiger partial charge in [-0.3, -0.25) is 0 Å². The van der Waals surface area contributed by atoms with Crippen LogP contribution in [0.2, 0.25) is 5.02 Å². The monoisotopic (exact) mass is 286 g/mol. The fourth-order valence-electron chi connectivity index (χ4n) is 2.23. The normalized spacial score (nSPS) is 10.9. The first-order valence-corrected chi connectivity index (χ1v) is 6.87. The molecule has 3 rings (SSSR count). The van der Waals surface area contributed by atoms with Crippen LogP contribution in [0.1, 0.15) is 16.8 Å². The van der Waals surface area contributed by atoms with E-state index in [0.29, 0.717) is 6.54 Å². The summed E-state index contributed by atoms with van der Waals surface area (Å²) in [5.41, 5.74) is 5.00. The van der Waals surface area contributed by atoms with Gasteiger partial charge in [-0.2, -0.15) is 0 Å². The summed E-state index contributed by atoms with van der Waals surface area (Å²) in [5.74, 6) is 0. The minimum absolute atomic E-state index is 0.691. The molecule has 3 nitrogen and oxygen atoms in total. The lowest BCUT2D eigenvalue weighted by atomic mass is 10.1. The summed E-state index contributed by atoms with van der Waals surface area (Å²) >= 11 is 6.17. The number of halogens is 1. The van der Waals surface area contributed by atoms with Gasteiger partial charge < -0.3 is 9.84 Å². The smallest absolute Gasteiger partial charge is 0.167 e. The molecule has 4 heteroatoms. The molecule has 1 aromatic heterocycles. The fourth-order valence-corrected chi connectivity index (χ4v) is 2.43. The zero-order valence-corrected chi connectivity index (χ0v) is 12.2. The van der Waals surface area contributed by atoms with Crippen LogP contribution in [0.25, 0.3) is 11.0 Å². The predicted octanol–water partition coefficient (Wildman–Crippen LogP) is 4.71. The molecule has 0 radical (unpaired) electrons. The molecule has 0 saturated heterocycles. The Morgan fingerprint density at radius 1 is 1.20 bits per heavy atom. The molecule has 0 aliphatic heterocycles. The van der Waals surface area contributed by atoms with E-state index in [9.17, 15) is 0 Å². The molecule has 0 bridgehead atoms. The number of rotatable bonds is 3. The number of hydrogen-bond donors (Lipinski definition) is 1. The van der Waals surface area contributed by atoms with E-state index in [4.69, 9.17) is 16.1 Å². The summed E-state index contributed by atoms with van der Waals surface area (Å²) in [4.78, 5) is 0. The molecule has 1 heterocycles. The van der Waals surface area contributed by atoms with Gasteiger partial charge in [-0.25, -0.2) is 0 Å². The second-order valence-electron chi connectivity index (χ2n) is 4.88. The standard InChI is InChI=1S/C16H15ClN2O/c1-10-7-16-13(11(2)19-20-16)8-15(10)18-9-12-5-3-4-6-14(12)17/h3-8,18H,9H2,1-2H3. The number of fused-ring (bicyclic) bond motifs is 1. The van der Waals surface area contributed by atoms with Gasteiger partial charge in [0.1, 0.15) is 0 Å². The molecule has 20 heavy (non-hydrogen) atoms. The lowest BCUT2D eigenvalue weighted by Crippen LogP contribution is -2.01. The molecule has 0 unspecified atom stereocenters. The Bertz CT molecular complexity index is 764. The third kappa shape index (κ3) is 2.37. The Kier molecular flexibility index (Phi) is 3.36. The summed E-state index contributed by atoms with van der Waals surface area (Å²) in [7, 11) is 0. The second kappa shape index (κ2) is 5.17. The molecule has 0 fully saturated rings. The summed E-state index contributed by atoms with van der Waals surface area (Å²) in [6.07, 6.45) is 0. The van der Waals surface area contributed by atoms with E-state index in [-0.39, 0.29) is 0 Å². The number of benzene rings is 2. The second-order valence-corrected chi connectivity index (χ2v) is 5.28. The molecule has 1 N–H and O–H groups in total. The molecule has 102 valence electrons. The van der Waals surface area contributed by atoms with E-state index in [1.54, 1.807) is 0 Å². The van der Waals surface area contributed by atoms with Crippen LogP contribution in [-0.2, 0) is 6.54 Å². The Hall–Kier alpha value is -2.00. The third-order valence-corrected chi connectivity index (χ3v) is 3.79. The fraction of sp³-hybridized carbons (Fsp3) is 0.188. The average molecular weight is 287 g/mol. The first-order valence-electron chi connectivity index (χ1n) is 6.49. The topological polar surface area (TPSA) is 38.1 Å². The van der Waals surface area contributed by atoms with Crippen LogP contribution in [0.3, 0.4) is 0 Å². The minimum atomic E-state index is 0.691. The molecule has 0 aliphatic carbocycles. The lowest BCUT2D eigenvalue weighted by Gasteiger charge is -2.10. The van der Waals surface area contributed by atoms with E-state index >= 15 is 0 Å². The van der Waals surface area contributed by atoms with Gasteiger partial charge in [0, 0.05) is 22.6 Å². The maximum absolute atomic E-state index is 6.17. The molecule has 0 spiro atoms. The largest absolute Gasteiger partial charge is 0.381 e.